The molecule has 0 radical (unpaired) electrons. The number of hydrogen-bond donors (Lipinski definition) is 3. The average Bonchev–Trinajstić information content (AvgIpc) is 3.32. The summed E-state index contributed by atoms with van der Waals surface area (Å²) in [6, 6.07) is -1.14. The Labute approximate surface area is 416 Å². The van der Waals surface area contributed by atoms with Crippen LogP contribution in [-0.4, -0.2) is 145 Å². The van der Waals surface area contributed by atoms with Gasteiger partial charge in [0.15, 0.2) is 0 Å². The largest absolute Gasteiger partial charge is 0.460 e. The van der Waals surface area contributed by atoms with E-state index >= 15 is 0 Å². The van der Waals surface area contributed by atoms with E-state index in [1.165, 1.54) is 4.90 Å². The van der Waals surface area contributed by atoms with Gasteiger partial charge in [0, 0.05) is 56.6 Å². The molecule has 1 aliphatic carbocycles. The van der Waals surface area contributed by atoms with Crippen molar-refractivity contribution in [2.75, 3.05) is 46.7 Å². The Kier molecular flexibility index (Phi) is 22.7. The van der Waals surface area contributed by atoms with E-state index in [0.29, 0.717) is 83.2 Å². The third-order valence-corrected chi connectivity index (χ3v) is 15.5. The highest BCUT2D eigenvalue weighted by atomic mass is 16.6. The van der Waals surface area contributed by atoms with Crippen LogP contribution in [0.15, 0.2) is 47.6 Å². The normalized spacial score (nSPS) is 38.6. The van der Waals surface area contributed by atoms with Gasteiger partial charge >= 0.3 is 5.97 Å². The van der Waals surface area contributed by atoms with Gasteiger partial charge in [-0.3, -0.25) is 19.2 Å². The molecule has 1 saturated carbocycles. The molecule has 1 amide bonds. The number of amides is 1. The number of carbonyl (C=O) groups is 5. The molecule has 15 heteroatoms. The number of esters is 1. The summed E-state index contributed by atoms with van der Waals surface area (Å²) >= 11 is 0. The van der Waals surface area contributed by atoms with E-state index in [2.05, 4.69) is 0 Å². The van der Waals surface area contributed by atoms with Crippen molar-refractivity contribution in [3.63, 3.8) is 0 Å². The molecule has 70 heavy (non-hydrogen) atoms. The van der Waals surface area contributed by atoms with Crippen LogP contribution >= 0.6 is 0 Å². The van der Waals surface area contributed by atoms with E-state index in [1.54, 1.807) is 34.0 Å². The summed E-state index contributed by atoms with van der Waals surface area (Å²) in [5.41, 5.74) is 1.40. The van der Waals surface area contributed by atoms with E-state index in [-0.39, 0.29) is 92.4 Å². The minimum atomic E-state index is -2.44. The zero-order valence-corrected chi connectivity index (χ0v) is 43.3. The van der Waals surface area contributed by atoms with Crippen molar-refractivity contribution in [2.45, 2.75) is 180 Å². The summed E-state index contributed by atoms with van der Waals surface area (Å²) in [6.07, 6.45) is 13.8. The molecule has 5 aliphatic rings. The third-order valence-electron chi connectivity index (χ3n) is 15.5. The molecule has 4 fully saturated rings. The second-order valence-corrected chi connectivity index (χ2v) is 21.3. The first kappa shape index (κ1) is 57.5. The minimum Gasteiger partial charge on any atom is -0.460 e. The Balaban J connectivity index is 1.44. The number of carbonyl (C=O) groups excluding carboxylic acids is 5. The number of hydrogen-bond acceptors (Lipinski definition) is 14. The number of cyclic esters (lactones) is 1. The van der Waals surface area contributed by atoms with Gasteiger partial charge in [0.05, 0.1) is 63.6 Å². The summed E-state index contributed by atoms with van der Waals surface area (Å²) in [5.74, 6) is -7.18. The van der Waals surface area contributed by atoms with Gasteiger partial charge in [-0.15, -0.1) is 0 Å². The van der Waals surface area contributed by atoms with Crippen LogP contribution < -0.4 is 0 Å². The number of piperidine rings is 1. The molecule has 3 N–H and O–H groups in total. The van der Waals surface area contributed by atoms with Crippen LogP contribution in [0.2, 0.25) is 0 Å². The predicted octanol–water partition coefficient (Wildman–Crippen LogP) is 6.59. The van der Waals surface area contributed by atoms with Crippen molar-refractivity contribution >= 4 is 29.2 Å². The monoisotopic (exact) mass is 984 g/mol. The van der Waals surface area contributed by atoms with Crippen LogP contribution in [0.1, 0.15) is 132 Å². The minimum absolute atomic E-state index is 0.0728. The van der Waals surface area contributed by atoms with Crippen molar-refractivity contribution in [3.05, 3.63) is 47.6 Å². The zero-order valence-electron chi connectivity index (χ0n) is 43.3. The van der Waals surface area contributed by atoms with Crippen molar-refractivity contribution < 1.29 is 67.7 Å². The molecule has 4 heterocycles. The molecule has 2 bridgehead atoms. The number of fused-ring (bicyclic) bond motifs is 3. The van der Waals surface area contributed by atoms with Crippen LogP contribution in [0.4, 0.5) is 0 Å². The van der Waals surface area contributed by atoms with Crippen LogP contribution in [0.3, 0.4) is 0 Å². The number of allylic oxidation sites excluding steroid dienone is 6. The third kappa shape index (κ3) is 16.0. The second kappa shape index (κ2) is 27.6. The molecule has 0 aromatic rings. The fraction of sp³-hybridized carbons (Fsp3) is 0.764. The Hall–Kier alpha value is -3.41. The van der Waals surface area contributed by atoms with E-state index in [9.17, 15) is 39.3 Å². The Bertz CT molecular complexity index is 1870. The number of ketones is 3. The lowest BCUT2D eigenvalue weighted by atomic mass is 9.78. The lowest BCUT2D eigenvalue weighted by Gasteiger charge is -2.43. The summed E-state index contributed by atoms with van der Waals surface area (Å²) in [7, 11) is 1.63. The van der Waals surface area contributed by atoms with E-state index < -0.39 is 65.7 Å². The topological polar surface area (TPSA) is 205 Å². The first-order chi connectivity index (χ1) is 33.3. The van der Waals surface area contributed by atoms with E-state index in [0.717, 1.165) is 12.0 Å². The number of aliphatic hydroxyl groups is 3. The van der Waals surface area contributed by atoms with Crippen LogP contribution in [0.5, 0.6) is 0 Å². The summed E-state index contributed by atoms with van der Waals surface area (Å²) in [4.78, 5) is 72.0. The average molecular weight is 984 g/mol. The molecule has 2 unspecified atom stereocenters. The number of Topliss-reactive ketones (excluding diaryl/α,β-unsaturated/α-hetero) is 3. The smallest absolute Gasteiger partial charge is 0.329 e. The highest BCUT2D eigenvalue weighted by Crippen LogP contribution is 2.38. The maximum absolute atomic E-state index is 14.5. The number of aliphatic hydroxyl groups excluding tert-OH is 2. The van der Waals surface area contributed by atoms with Crippen molar-refractivity contribution in [1.82, 2.24) is 4.90 Å². The number of rotatable bonds is 10. The number of nitrogens with zero attached hydrogens (tertiary/aromatic N) is 1. The van der Waals surface area contributed by atoms with Crippen LogP contribution in [0, 0.1) is 41.4 Å². The lowest BCUT2D eigenvalue weighted by molar-refractivity contribution is -0.266. The van der Waals surface area contributed by atoms with E-state index in [4.69, 9.17) is 28.4 Å². The Morgan fingerprint density at radius 2 is 1.60 bits per heavy atom. The first-order valence-electron chi connectivity index (χ1n) is 26.2. The van der Waals surface area contributed by atoms with Gasteiger partial charge in [0.1, 0.15) is 23.7 Å². The Morgan fingerprint density at radius 3 is 2.30 bits per heavy atom. The highest BCUT2D eigenvalue weighted by Gasteiger charge is 2.53. The fourth-order valence-corrected chi connectivity index (χ4v) is 10.7. The summed E-state index contributed by atoms with van der Waals surface area (Å²) in [6.45, 7) is 14.8. The molecule has 14 atom stereocenters. The standard InChI is InChI=1S/C55H85NO14/c1-34-14-10-9-11-15-35(2)49(68-33-42-31-66-32-42)28-43-19-17-40(7)55(64,70-43)52(61)53(62)56-21-13-12-16-44(56)54(63)69-50(39(6)26-41-18-20-48(67-23-22-57)51(27-41)65-8)30-47(60)38(5)25-37(4)46(59)29-45(58)36(3)24-34/h9-11,14-15,25,34,36,38-44,46,48-51,57,59,64H,12-13,16-24,26-33H2,1-8H3/b11-9+,14-10+,35-15+,37-25+/t34-,36-,38-,39-,40-,41+,43+,44?,46+,48-,49?,50+,51-,55-/m1/s1. The SMILES string of the molecule is CO[C@@H]1C[C@H](C[C@@H](C)[C@@H]2CC(=O)[C@H](C)/C=C(\C)[C@@H](O)CC(=O)[C@H](C)C[C@H](C)/C=C/C=C/C=C(\C)C(OCC3COC3)C[C@@H]3CC[C@@H](C)[C@@](O)(O3)C(=O)C(=O)N3CCCCC3C(=O)O2)CC[C@H]1OCCO. The molecule has 5 rings (SSSR count). The van der Waals surface area contributed by atoms with Gasteiger partial charge < -0.3 is 48.6 Å². The van der Waals surface area contributed by atoms with Gasteiger partial charge in [0.25, 0.3) is 11.7 Å². The van der Waals surface area contributed by atoms with E-state index in [1.807, 2.05) is 58.1 Å². The zero-order chi connectivity index (χ0) is 51.1. The molecule has 0 aromatic carbocycles. The van der Waals surface area contributed by atoms with Gasteiger partial charge in [-0.25, -0.2) is 4.79 Å². The molecular weight excluding hydrogens is 899 g/mol. The Morgan fingerprint density at radius 1 is 0.843 bits per heavy atom. The molecule has 4 aliphatic heterocycles. The number of ether oxygens (including phenoxy) is 6. The summed E-state index contributed by atoms with van der Waals surface area (Å²) < 4.78 is 36.1. The van der Waals surface area contributed by atoms with Gasteiger partial charge in [-0.1, -0.05) is 71.1 Å². The molecule has 0 spiro atoms. The fourth-order valence-electron chi connectivity index (χ4n) is 10.7. The maximum Gasteiger partial charge on any atom is 0.329 e. The molecule has 0 aromatic heterocycles. The van der Waals surface area contributed by atoms with Crippen LogP contribution in [-0.2, 0) is 52.4 Å². The van der Waals surface area contributed by atoms with Crippen molar-refractivity contribution in [3.8, 4) is 0 Å². The van der Waals surface area contributed by atoms with Gasteiger partial charge in [-0.2, -0.15) is 0 Å². The maximum atomic E-state index is 14.5. The molecule has 394 valence electrons. The predicted molar refractivity (Wildman–Crippen MR) is 263 cm³/mol. The van der Waals surface area contributed by atoms with Gasteiger partial charge in [-0.05, 0) is 107 Å². The molecule has 15 nitrogen and oxygen atoms in total. The quantitative estimate of drug-likeness (QED) is 0.120. The molecule has 3 saturated heterocycles. The van der Waals surface area contributed by atoms with Crippen molar-refractivity contribution in [1.29, 1.82) is 0 Å². The first-order valence-corrected chi connectivity index (χ1v) is 26.2. The van der Waals surface area contributed by atoms with Crippen LogP contribution in [0.25, 0.3) is 0 Å². The van der Waals surface area contributed by atoms with Gasteiger partial charge in [0.2, 0.25) is 5.79 Å². The lowest BCUT2D eigenvalue weighted by Crippen LogP contribution is -2.61. The second-order valence-electron chi connectivity index (χ2n) is 21.3. The summed E-state index contributed by atoms with van der Waals surface area (Å²) in [5, 5.41) is 32.7. The number of methoxy groups -OCH3 is 1. The molecular formula is C55H85NO14. The van der Waals surface area contributed by atoms with Crippen molar-refractivity contribution in [2.24, 2.45) is 41.4 Å². The highest BCUT2D eigenvalue weighted by molar-refractivity contribution is 6.39.